The summed E-state index contributed by atoms with van der Waals surface area (Å²) in [5, 5.41) is 10.2. The Morgan fingerprint density at radius 1 is 1.03 bits per heavy atom. The number of nitrogens with zero attached hydrogens (tertiary/aromatic N) is 5. The van der Waals surface area contributed by atoms with E-state index < -0.39 is 0 Å². The summed E-state index contributed by atoms with van der Waals surface area (Å²) in [5.74, 6) is 0.858. The van der Waals surface area contributed by atoms with Crippen molar-refractivity contribution in [3.05, 3.63) is 72.7 Å². The molecule has 1 aliphatic heterocycles. The van der Waals surface area contributed by atoms with Crippen LogP contribution in [0.2, 0.25) is 0 Å². The Bertz CT molecular complexity index is 1250. The zero-order valence-electron chi connectivity index (χ0n) is 19.1. The second kappa shape index (κ2) is 11.0. The van der Waals surface area contributed by atoms with Gasteiger partial charge >= 0.3 is 0 Å². The molecule has 8 heteroatoms. The number of carbonyl (C=O) groups is 1. The molecule has 6 nitrogen and oxygen atoms in total. The molecule has 1 saturated heterocycles. The van der Waals surface area contributed by atoms with Crippen molar-refractivity contribution in [3.63, 3.8) is 0 Å². The Kier molecular flexibility index (Phi) is 7.60. The highest BCUT2D eigenvalue weighted by Crippen LogP contribution is 2.29. The van der Waals surface area contributed by atoms with Gasteiger partial charge in [0.1, 0.15) is 0 Å². The van der Waals surface area contributed by atoms with Gasteiger partial charge in [0.25, 0.3) is 0 Å². The minimum absolute atomic E-state index is 0.304. The smallest absolute Gasteiger partial charge is 0.222 e. The number of likely N-dealkylation sites (tertiary alicyclic amines) is 1. The van der Waals surface area contributed by atoms with Crippen LogP contribution in [0.15, 0.2) is 67.1 Å². The zero-order valence-corrected chi connectivity index (χ0v) is 22.3. The summed E-state index contributed by atoms with van der Waals surface area (Å²) in [5.41, 5.74) is 4.79. The molecule has 1 amide bonds. The maximum Gasteiger partial charge on any atom is 0.222 e. The fraction of sp³-hybridized carbons (Fsp3) is 0.346. The van der Waals surface area contributed by atoms with Gasteiger partial charge in [-0.15, -0.1) is 0 Å². The number of rotatable bonds is 8. The van der Waals surface area contributed by atoms with Crippen molar-refractivity contribution in [1.29, 1.82) is 0 Å². The van der Waals surface area contributed by atoms with Gasteiger partial charge in [0.15, 0.2) is 0 Å². The van der Waals surface area contributed by atoms with Crippen LogP contribution in [0.1, 0.15) is 31.2 Å². The van der Waals surface area contributed by atoms with Gasteiger partial charge in [0, 0.05) is 43.2 Å². The van der Waals surface area contributed by atoms with Gasteiger partial charge in [-0.05, 0) is 76.9 Å². The summed E-state index contributed by atoms with van der Waals surface area (Å²) in [6.07, 6.45) is 11.2. The highest BCUT2D eigenvalue weighted by Gasteiger charge is 2.23. The maximum absolute atomic E-state index is 12.7. The highest BCUT2D eigenvalue weighted by molar-refractivity contribution is 14.2. The van der Waals surface area contributed by atoms with Gasteiger partial charge in [0.2, 0.25) is 5.91 Å². The summed E-state index contributed by atoms with van der Waals surface area (Å²) in [4.78, 5) is 14.7. The van der Waals surface area contributed by atoms with E-state index in [9.17, 15) is 4.79 Å². The Balaban J connectivity index is 1.13. The van der Waals surface area contributed by atoms with Gasteiger partial charge in [-0.3, -0.25) is 9.48 Å². The summed E-state index contributed by atoms with van der Waals surface area (Å²) in [7, 11) is 0. The molecule has 176 valence electrons. The standard InChI is InChI=1S/C26H29IN5OP/c27-34-32-19-24(17-29-32)22-9-10-25-23(15-22)16-28-31(25)18-21-11-13-30(14-12-21)26(33)8-4-7-20-5-2-1-3-6-20/h1-3,5-6,9-10,15-17,19,21,34H,4,7-8,11-14,18H2. The molecule has 34 heavy (non-hydrogen) atoms. The third kappa shape index (κ3) is 5.52. The Hall–Kier alpha value is -2.25. The zero-order chi connectivity index (χ0) is 23.3. The molecule has 5 rings (SSSR count). The summed E-state index contributed by atoms with van der Waals surface area (Å²) in [6, 6.07) is 17.0. The van der Waals surface area contributed by atoms with Gasteiger partial charge in [-0.1, -0.05) is 36.4 Å². The SMILES string of the molecule is O=C(CCCc1ccccc1)N1CCC(Cn2ncc3cc(-c4cnn(PI)c4)ccc32)CC1. The second-order valence-electron chi connectivity index (χ2n) is 9.02. The number of piperidine rings is 1. The van der Waals surface area contributed by atoms with Crippen molar-refractivity contribution in [2.75, 3.05) is 13.1 Å². The number of aryl methyl sites for hydroxylation is 1. The van der Waals surface area contributed by atoms with E-state index in [1.165, 1.54) is 16.6 Å². The average molecular weight is 585 g/mol. The van der Waals surface area contributed by atoms with E-state index in [-0.39, 0.29) is 0 Å². The van der Waals surface area contributed by atoms with Crippen molar-refractivity contribution in [2.45, 2.75) is 38.6 Å². The first-order valence-electron chi connectivity index (χ1n) is 11.9. The summed E-state index contributed by atoms with van der Waals surface area (Å²) < 4.78 is 4.10. The van der Waals surface area contributed by atoms with Crippen LogP contribution < -0.4 is 0 Å². The third-order valence-corrected chi connectivity index (χ3v) is 8.64. The monoisotopic (exact) mass is 585 g/mol. The van der Waals surface area contributed by atoms with Crippen LogP contribution in [0.25, 0.3) is 22.0 Å². The largest absolute Gasteiger partial charge is 0.343 e. The van der Waals surface area contributed by atoms with Crippen molar-refractivity contribution in [2.24, 2.45) is 5.92 Å². The first-order chi connectivity index (χ1) is 16.7. The maximum atomic E-state index is 12.7. The number of carbonyl (C=O) groups excluding carboxylic acids is 1. The minimum Gasteiger partial charge on any atom is -0.343 e. The van der Waals surface area contributed by atoms with E-state index in [4.69, 9.17) is 0 Å². The van der Waals surface area contributed by atoms with E-state index in [0.717, 1.165) is 56.3 Å². The molecule has 3 heterocycles. The van der Waals surface area contributed by atoms with Crippen molar-refractivity contribution in [1.82, 2.24) is 24.2 Å². The van der Waals surface area contributed by atoms with Crippen LogP contribution in [0.5, 0.6) is 0 Å². The number of hydrogen-bond donors (Lipinski definition) is 0. The lowest BCUT2D eigenvalue weighted by Crippen LogP contribution is -2.39. The van der Waals surface area contributed by atoms with E-state index in [2.05, 4.69) is 90.5 Å². The number of aromatic nitrogens is 4. The van der Waals surface area contributed by atoms with E-state index in [1.807, 2.05) is 22.9 Å². The van der Waals surface area contributed by atoms with Crippen molar-refractivity contribution in [3.8, 4) is 11.1 Å². The molecule has 2 aromatic carbocycles. The Morgan fingerprint density at radius 3 is 2.62 bits per heavy atom. The quantitative estimate of drug-likeness (QED) is 0.190. The Morgan fingerprint density at radius 2 is 1.85 bits per heavy atom. The lowest BCUT2D eigenvalue weighted by Gasteiger charge is -2.32. The van der Waals surface area contributed by atoms with E-state index in [0.29, 0.717) is 24.6 Å². The molecule has 1 aliphatic rings. The van der Waals surface area contributed by atoms with Gasteiger partial charge in [0.05, 0.1) is 24.3 Å². The number of amides is 1. The third-order valence-electron chi connectivity index (χ3n) is 6.74. The fourth-order valence-corrected chi connectivity index (χ4v) is 5.87. The molecule has 4 aromatic rings. The average Bonchev–Trinajstić information content (AvgIpc) is 3.52. The predicted molar refractivity (Wildman–Crippen MR) is 147 cm³/mol. The fourth-order valence-electron chi connectivity index (χ4n) is 4.79. The van der Waals surface area contributed by atoms with Crippen LogP contribution in [0.4, 0.5) is 0 Å². The molecule has 1 atom stereocenters. The topological polar surface area (TPSA) is 56.0 Å². The van der Waals surface area contributed by atoms with Crippen LogP contribution in [0, 0.1) is 5.92 Å². The number of fused-ring (bicyclic) bond motifs is 1. The van der Waals surface area contributed by atoms with Crippen LogP contribution in [-0.4, -0.2) is 43.2 Å². The van der Waals surface area contributed by atoms with Crippen molar-refractivity contribution < 1.29 is 4.79 Å². The van der Waals surface area contributed by atoms with Gasteiger partial charge < -0.3 is 4.90 Å². The summed E-state index contributed by atoms with van der Waals surface area (Å²) >= 11 is 2.34. The van der Waals surface area contributed by atoms with E-state index in [1.54, 1.807) is 0 Å². The Labute approximate surface area is 215 Å². The predicted octanol–water partition coefficient (Wildman–Crippen LogP) is 5.95. The van der Waals surface area contributed by atoms with Crippen molar-refractivity contribution >= 4 is 45.2 Å². The molecule has 0 bridgehead atoms. The second-order valence-corrected chi connectivity index (χ2v) is 11.1. The van der Waals surface area contributed by atoms with E-state index >= 15 is 0 Å². The first kappa shape index (κ1) is 23.5. The lowest BCUT2D eigenvalue weighted by atomic mass is 9.96. The molecular formula is C26H29IN5OP. The van der Waals surface area contributed by atoms with Crippen LogP contribution >= 0.6 is 28.4 Å². The molecule has 0 saturated carbocycles. The number of halogens is 1. The molecule has 0 aliphatic carbocycles. The minimum atomic E-state index is 0.304. The molecule has 0 spiro atoms. The molecule has 1 fully saturated rings. The molecule has 0 N–H and O–H groups in total. The van der Waals surface area contributed by atoms with Gasteiger partial charge in [-0.2, -0.15) is 10.2 Å². The van der Waals surface area contributed by atoms with Gasteiger partial charge in [-0.25, -0.2) is 4.45 Å². The normalized spacial score (nSPS) is 15.0. The number of benzene rings is 2. The highest BCUT2D eigenvalue weighted by atomic mass is 127. The molecule has 0 radical (unpaired) electrons. The first-order valence-corrected chi connectivity index (χ1v) is 15.9. The van der Waals surface area contributed by atoms with Crippen LogP contribution in [-0.2, 0) is 17.8 Å². The van der Waals surface area contributed by atoms with Crippen LogP contribution in [0.3, 0.4) is 0 Å². The lowest BCUT2D eigenvalue weighted by molar-refractivity contribution is -0.132. The summed E-state index contributed by atoms with van der Waals surface area (Å²) in [6.45, 7) is 2.63. The molecule has 1 unspecified atom stereocenters. The molecule has 2 aromatic heterocycles. The number of hydrogen-bond acceptors (Lipinski definition) is 3. The molecular weight excluding hydrogens is 556 g/mol.